The molecule has 0 unspecified atom stereocenters. The summed E-state index contributed by atoms with van der Waals surface area (Å²) in [5, 5.41) is 13.3. The third-order valence-corrected chi connectivity index (χ3v) is 3.55. The lowest BCUT2D eigenvalue weighted by atomic mass is 10.0. The molecule has 0 amide bonds. The molecular weight excluding hydrogens is 236 g/mol. The predicted molar refractivity (Wildman–Crippen MR) is 66.5 cm³/mol. The molecule has 0 aliphatic heterocycles. The number of alkyl halides is 2. The molecule has 0 spiro atoms. The van der Waals surface area contributed by atoms with E-state index in [0.717, 1.165) is 31.2 Å². The normalized spacial score (nSPS) is 18.4. The molecular formula is C14H19F2NO. The predicted octanol–water partition coefficient (Wildman–Crippen LogP) is 3.02. The van der Waals surface area contributed by atoms with Gasteiger partial charge in [0.25, 0.3) is 6.43 Å². The number of nitrogens with one attached hydrogen (secondary N) is 1. The molecule has 0 saturated heterocycles. The number of rotatable bonds is 5. The zero-order valence-electron chi connectivity index (χ0n) is 10.3. The molecule has 2 rings (SSSR count). The molecule has 1 aliphatic carbocycles. The fraction of sp³-hybridized carbons (Fsp3) is 0.571. The van der Waals surface area contributed by atoms with E-state index < -0.39 is 12.0 Å². The van der Waals surface area contributed by atoms with E-state index in [1.165, 1.54) is 12.1 Å². The topological polar surface area (TPSA) is 32.3 Å². The van der Waals surface area contributed by atoms with E-state index in [4.69, 9.17) is 0 Å². The monoisotopic (exact) mass is 255 g/mol. The van der Waals surface area contributed by atoms with E-state index in [1.807, 2.05) is 0 Å². The third-order valence-electron chi connectivity index (χ3n) is 3.55. The Bertz CT molecular complexity index is 372. The van der Waals surface area contributed by atoms with Gasteiger partial charge in [-0.25, -0.2) is 8.78 Å². The van der Waals surface area contributed by atoms with Gasteiger partial charge in [0.1, 0.15) is 0 Å². The van der Waals surface area contributed by atoms with Gasteiger partial charge in [-0.1, -0.05) is 37.1 Å². The van der Waals surface area contributed by atoms with Crippen LogP contribution in [0.4, 0.5) is 8.78 Å². The highest BCUT2D eigenvalue weighted by Crippen LogP contribution is 2.28. The Hall–Kier alpha value is -1.00. The molecule has 1 fully saturated rings. The van der Waals surface area contributed by atoms with Gasteiger partial charge >= 0.3 is 0 Å². The standard InChI is InChI=1S/C14H19F2NO/c15-13(16)12-5-3-11(4-6-12)9-17-10-14(18)7-1-2-8-14/h3-6,13,17-18H,1-2,7-10H2. The SMILES string of the molecule is OC1(CNCc2ccc(C(F)F)cc2)CCCC1. The lowest BCUT2D eigenvalue weighted by molar-refractivity contribution is 0.0475. The van der Waals surface area contributed by atoms with Gasteiger partial charge in [-0.3, -0.25) is 0 Å². The Morgan fingerprint density at radius 3 is 2.33 bits per heavy atom. The summed E-state index contributed by atoms with van der Waals surface area (Å²) in [7, 11) is 0. The lowest BCUT2D eigenvalue weighted by Crippen LogP contribution is -2.37. The van der Waals surface area contributed by atoms with Crippen molar-refractivity contribution in [1.29, 1.82) is 0 Å². The van der Waals surface area contributed by atoms with Crippen LogP contribution in [0.3, 0.4) is 0 Å². The molecule has 0 heterocycles. The van der Waals surface area contributed by atoms with E-state index in [2.05, 4.69) is 5.32 Å². The molecule has 2 nitrogen and oxygen atoms in total. The van der Waals surface area contributed by atoms with E-state index in [9.17, 15) is 13.9 Å². The highest BCUT2D eigenvalue weighted by Gasteiger charge is 2.30. The molecule has 1 aromatic carbocycles. The van der Waals surface area contributed by atoms with Crippen molar-refractivity contribution in [3.63, 3.8) is 0 Å². The summed E-state index contributed by atoms with van der Waals surface area (Å²) in [6, 6.07) is 6.30. The maximum absolute atomic E-state index is 12.4. The number of aliphatic hydroxyl groups is 1. The molecule has 1 saturated carbocycles. The highest BCUT2D eigenvalue weighted by molar-refractivity contribution is 5.23. The summed E-state index contributed by atoms with van der Waals surface area (Å²) < 4.78 is 24.7. The van der Waals surface area contributed by atoms with Crippen molar-refractivity contribution in [2.24, 2.45) is 0 Å². The molecule has 2 N–H and O–H groups in total. The van der Waals surface area contributed by atoms with Crippen LogP contribution in [0.2, 0.25) is 0 Å². The van der Waals surface area contributed by atoms with Crippen LogP contribution in [0.15, 0.2) is 24.3 Å². The zero-order chi connectivity index (χ0) is 13.0. The maximum Gasteiger partial charge on any atom is 0.263 e. The minimum Gasteiger partial charge on any atom is -0.389 e. The molecule has 0 aromatic heterocycles. The van der Waals surface area contributed by atoms with Gasteiger partial charge in [0.05, 0.1) is 5.60 Å². The minimum atomic E-state index is -2.41. The Morgan fingerprint density at radius 2 is 1.78 bits per heavy atom. The van der Waals surface area contributed by atoms with Crippen LogP contribution in [0.5, 0.6) is 0 Å². The van der Waals surface area contributed by atoms with Gasteiger partial charge in [0.2, 0.25) is 0 Å². The summed E-state index contributed by atoms with van der Waals surface area (Å²) in [6.45, 7) is 1.18. The summed E-state index contributed by atoms with van der Waals surface area (Å²) in [6.07, 6.45) is 1.46. The molecule has 1 aliphatic rings. The van der Waals surface area contributed by atoms with Gasteiger partial charge in [-0.05, 0) is 18.4 Å². The van der Waals surface area contributed by atoms with Gasteiger partial charge < -0.3 is 10.4 Å². The van der Waals surface area contributed by atoms with E-state index >= 15 is 0 Å². The first-order chi connectivity index (χ1) is 8.59. The second-order valence-electron chi connectivity index (χ2n) is 5.08. The second-order valence-corrected chi connectivity index (χ2v) is 5.08. The van der Waals surface area contributed by atoms with Crippen LogP contribution in [0.1, 0.15) is 43.2 Å². The Labute approximate surface area is 106 Å². The fourth-order valence-corrected chi connectivity index (χ4v) is 2.43. The summed E-state index contributed by atoms with van der Waals surface area (Å²) in [5.74, 6) is 0. The third kappa shape index (κ3) is 3.50. The van der Waals surface area contributed by atoms with Crippen molar-refractivity contribution in [2.75, 3.05) is 6.54 Å². The van der Waals surface area contributed by atoms with E-state index in [0.29, 0.717) is 13.1 Å². The first-order valence-corrected chi connectivity index (χ1v) is 6.39. The molecule has 100 valence electrons. The number of hydrogen-bond donors (Lipinski definition) is 2. The average molecular weight is 255 g/mol. The van der Waals surface area contributed by atoms with Crippen molar-refractivity contribution in [3.05, 3.63) is 35.4 Å². The van der Waals surface area contributed by atoms with Crippen LogP contribution in [0, 0.1) is 0 Å². The van der Waals surface area contributed by atoms with Crippen LogP contribution < -0.4 is 5.32 Å². The maximum atomic E-state index is 12.4. The molecule has 1 aromatic rings. The fourth-order valence-electron chi connectivity index (χ4n) is 2.43. The Morgan fingerprint density at radius 1 is 1.17 bits per heavy atom. The Balaban J connectivity index is 1.79. The average Bonchev–Trinajstić information content (AvgIpc) is 2.77. The molecule has 4 heteroatoms. The van der Waals surface area contributed by atoms with E-state index in [1.54, 1.807) is 12.1 Å². The summed E-state index contributed by atoms with van der Waals surface area (Å²) >= 11 is 0. The van der Waals surface area contributed by atoms with Gasteiger partial charge in [0.15, 0.2) is 0 Å². The van der Waals surface area contributed by atoms with Gasteiger partial charge in [-0.15, -0.1) is 0 Å². The highest BCUT2D eigenvalue weighted by atomic mass is 19.3. The van der Waals surface area contributed by atoms with Crippen LogP contribution in [0.25, 0.3) is 0 Å². The molecule has 0 bridgehead atoms. The molecule has 18 heavy (non-hydrogen) atoms. The lowest BCUT2D eigenvalue weighted by Gasteiger charge is -2.22. The zero-order valence-corrected chi connectivity index (χ0v) is 10.3. The van der Waals surface area contributed by atoms with E-state index in [-0.39, 0.29) is 5.56 Å². The van der Waals surface area contributed by atoms with Gasteiger partial charge in [-0.2, -0.15) is 0 Å². The van der Waals surface area contributed by atoms with Crippen molar-refractivity contribution < 1.29 is 13.9 Å². The number of hydrogen-bond acceptors (Lipinski definition) is 2. The van der Waals surface area contributed by atoms with Crippen molar-refractivity contribution in [1.82, 2.24) is 5.32 Å². The number of benzene rings is 1. The number of halogens is 2. The first kappa shape index (κ1) is 13.4. The first-order valence-electron chi connectivity index (χ1n) is 6.39. The van der Waals surface area contributed by atoms with Crippen molar-refractivity contribution in [2.45, 2.75) is 44.3 Å². The summed E-state index contributed by atoms with van der Waals surface area (Å²) in [4.78, 5) is 0. The molecule has 0 radical (unpaired) electrons. The summed E-state index contributed by atoms with van der Waals surface area (Å²) in [5.41, 5.74) is 0.442. The van der Waals surface area contributed by atoms with Crippen LogP contribution in [-0.2, 0) is 6.54 Å². The van der Waals surface area contributed by atoms with Crippen molar-refractivity contribution in [3.8, 4) is 0 Å². The second kappa shape index (κ2) is 5.76. The van der Waals surface area contributed by atoms with Crippen LogP contribution in [-0.4, -0.2) is 17.3 Å². The van der Waals surface area contributed by atoms with Gasteiger partial charge in [0, 0.05) is 18.7 Å². The van der Waals surface area contributed by atoms with Crippen LogP contribution >= 0.6 is 0 Å². The quantitative estimate of drug-likeness (QED) is 0.847. The minimum absolute atomic E-state index is 0.0492. The largest absolute Gasteiger partial charge is 0.389 e. The van der Waals surface area contributed by atoms with Crippen molar-refractivity contribution >= 4 is 0 Å². The smallest absolute Gasteiger partial charge is 0.263 e. The Kier molecular flexibility index (Phi) is 4.30. The molecule has 0 atom stereocenters.